The van der Waals surface area contributed by atoms with Crippen LogP contribution in [0.5, 0.6) is 5.75 Å². The Morgan fingerprint density at radius 1 is 1.23 bits per heavy atom. The largest absolute Gasteiger partial charge is 0.482 e. The van der Waals surface area contributed by atoms with Crippen molar-refractivity contribution in [2.24, 2.45) is 0 Å². The SMILES string of the molecule is Cc1ccc2cc(COc3ccc(C=O)cc3[N+](=O)[O-])c(Cl)nc2c1C. The van der Waals surface area contributed by atoms with Crippen molar-refractivity contribution in [3.05, 3.63) is 73.9 Å². The topological polar surface area (TPSA) is 82.3 Å². The lowest BCUT2D eigenvalue weighted by Gasteiger charge is -2.11. The zero-order chi connectivity index (χ0) is 18.8. The van der Waals surface area contributed by atoms with Gasteiger partial charge in [0.2, 0.25) is 0 Å². The van der Waals surface area contributed by atoms with E-state index in [4.69, 9.17) is 16.3 Å². The maximum absolute atomic E-state index is 11.2. The Hall–Kier alpha value is -2.99. The lowest BCUT2D eigenvalue weighted by atomic mass is 10.0. The summed E-state index contributed by atoms with van der Waals surface area (Å²) in [6.07, 6.45) is 0.547. The summed E-state index contributed by atoms with van der Waals surface area (Å²) in [7, 11) is 0. The first-order chi connectivity index (χ1) is 12.4. The first-order valence-corrected chi connectivity index (χ1v) is 8.20. The van der Waals surface area contributed by atoms with Crippen molar-refractivity contribution < 1.29 is 14.5 Å². The number of aromatic nitrogens is 1. The highest BCUT2D eigenvalue weighted by atomic mass is 35.5. The summed E-state index contributed by atoms with van der Waals surface area (Å²) in [6, 6.07) is 9.85. The molecule has 0 saturated carbocycles. The number of rotatable bonds is 5. The summed E-state index contributed by atoms with van der Waals surface area (Å²) in [5, 5.41) is 12.4. The smallest absolute Gasteiger partial charge is 0.311 e. The van der Waals surface area contributed by atoms with E-state index >= 15 is 0 Å². The number of carbonyl (C=O) groups is 1. The molecule has 0 saturated heterocycles. The predicted octanol–water partition coefficient (Wildman–Crippen LogP) is 4.80. The molecular weight excluding hydrogens is 356 g/mol. The number of aldehydes is 1. The lowest BCUT2D eigenvalue weighted by molar-refractivity contribution is -0.386. The molecule has 1 aromatic heterocycles. The van der Waals surface area contributed by atoms with Gasteiger partial charge in [0.15, 0.2) is 5.75 Å². The Bertz CT molecular complexity index is 1030. The third-order valence-corrected chi connectivity index (χ3v) is 4.56. The second-order valence-corrected chi connectivity index (χ2v) is 6.27. The van der Waals surface area contributed by atoms with Gasteiger partial charge >= 0.3 is 5.69 Å². The van der Waals surface area contributed by atoms with Gasteiger partial charge in [-0.3, -0.25) is 14.9 Å². The zero-order valence-corrected chi connectivity index (χ0v) is 14.9. The van der Waals surface area contributed by atoms with Gasteiger partial charge in [0, 0.05) is 22.6 Å². The van der Waals surface area contributed by atoms with E-state index in [1.54, 1.807) is 0 Å². The number of nitro groups is 1. The monoisotopic (exact) mass is 370 g/mol. The molecule has 2 aromatic carbocycles. The third kappa shape index (κ3) is 3.36. The normalized spacial score (nSPS) is 10.7. The van der Waals surface area contributed by atoms with Gasteiger partial charge in [0.05, 0.1) is 10.4 Å². The molecule has 0 unspecified atom stereocenters. The van der Waals surface area contributed by atoms with Crippen LogP contribution in [0.15, 0.2) is 36.4 Å². The van der Waals surface area contributed by atoms with Crippen molar-refractivity contribution in [3.63, 3.8) is 0 Å². The maximum atomic E-state index is 11.2. The van der Waals surface area contributed by atoms with Crippen molar-refractivity contribution in [1.29, 1.82) is 0 Å². The number of aryl methyl sites for hydroxylation is 2. The standard InChI is InChI=1S/C19H15ClN2O4/c1-11-3-5-14-8-15(19(20)21-18(14)12(11)2)10-26-17-6-4-13(9-23)7-16(17)22(24)25/h3-9H,10H2,1-2H3. The van der Waals surface area contributed by atoms with Crippen LogP contribution in [0.1, 0.15) is 27.0 Å². The quantitative estimate of drug-likeness (QED) is 0.278. The second-order valence-electron chi connectivity index (χ2n) is 5.91. The van der Waals surface area contributed by atoms with Gasteiger partial charge in [-0.15, -0.1) is 0 Å². The van der Waals surface area contributed by atoms with E-state index < -0.39 is 4.92 Å². The van der Waals surface area contributed by atoms with Crippen LogP contribution >= 0.6 is 11.6 Å². The van der Waals surface area contributed by atoms with Crippen LogP contribution in [0.25, 0.3) is 10.9 Å². The van der Waals surface area contributed by atoms with Gasteiger partial charge in [-0.2, -0.15) is 0 Å². The van der Waals surface area contributed by atoms with Gasteiger partial charge in [0.1, 0.15) is 18.0 Å². The molecule has 26 heavy (non-hydrogen) atoms. The highest BCUT2D eigenvalue weighted by Crippen LogP contribution is 2.30. The van der Waals surface area contributed by atoms with Gasteiger partial charge in [0.25, 0.3) is 0 Å². The van der Waals surface area contributed by atoms with E-state index in [2.05, 4.69) is 4.98 Å². The fourth-order valence-electron chi connectivity index (χ4n) is 2.63. The van der Waals surface area contributed by atoms with Crippen molar-refractivity contribution in [3.8, 4) is 5.75 Å². The predicted molar refractivity (Wildman–Crippen MR) is 99.0 cm³/mol. The summed E-state index contributed by atoms with van der Waals surface area (Å²) in [5.74, 6) is 0.0665. The summed E-state index contributed by atoms with van der Waals surface area (Å²) >= 11 is 6.27. The summed E-state index contributed by atoms with van der Waals surface area (Å²) < 4.78 is 5.59. The Morgan fingerprint density at radius 3 is 2.69 bits per heavy atom. The van der Waals surface area contributed by atoms with E-state index in [0.717, 1.165) is 22.0 Å². The van der Waals surface area contributed by atoms with Crippen molar-refractivity contribution in [2.45, 2.75) is 20.5 Å². The molecule has 0 fully saturated rings. The number of nitrogens with zero attached hydrogens (tertiary/aromatic N) is 2. The fraction of sp³-hybridized carbons (Fsp3) is 0.158. The fourth-order valence-corrected chi connectivity index (χ4v) is 2.83. The number of ether oxygens (including phenoxy) is 1. The minimum Gasteiger partial charge on any atom is -0.482 e. The van der Waals surface area contributed by atoms with Crippen LogP contribution in [-0.2, 0) is 6.61 Å². The van der Waals surface area contributed by atoms with Crippen molar-refractivity contribution in [2.75, 3.05) is 0 Å². The van der Waals surface area contributed by atoms with Crippen LogP contribution in [0.2, 0.25) is 5.15 Å². The van der Waals surface area contributed by atoms with Crippen molar-refractivity contribution >= 4 is 34.5 Å². The Labute approximate surface area is 154 Å². The lowest BCUT2D eigenvalue weighted by Crippen LogP contribution is -2.02. The number of halogens is 1. The first kappa shape index (κ1) is 17.8. The number of hydrogen-bond acceptors (Lipinski definition) is 5. The van der Waals surface area contributed by atoms with Gasteiger partial charge in [-0.25, -0.2) is 4.98 Å². The highest BCUT2D eigenvalue weighted by molar-refractivity contribution is 6.30. The Balaban J connectivity index is 1.93. The summed E-state index contributed by atoms with van der Waals surface area (Å²) in [6.45, 7) is 4.01. The number of fused-ring (bicyclic) bond motifs is 1. The van der Waals surface area contributed by atoms with Crippen LogP contribution in [0.3, 0.4) is 0 Å². The van der Waals surface area contributed by atoms with Crippen molar-refractivity contribution in [1.82, 2.24) is 4.98 Å². The minimum atomic E-state index is -0.589. The molecule has 7 heteroatoms. The number of pyridine rings is 1. The van der Waals surface area contributed by atoms with Gasteiger partial charge in [-0.05, 0) is 43.2 Å². The van der Waals surface area contributed by atoms with Gasteiger partial charge < -0.3 is 4.74 Å². The average molecular weight is 371 g/mol. The summed E-state index contributed by atoms with van der Waals surface area (Å²) in [4.78, 5) is 25.8. The molecule has 0 N–H and O–H groups in total. The molecule has 6 nitrogen and oxygen atoms in total. The van der Waals surface area contributed by atoms with E-state index in [-0.39, 0.29) is 23.6 Å². The Morgan fingerprint density at radius 2 is 2.00 bits per heavy atom. The zero-order valence-electron chi connectivity index (χ0n) is 14.2. The minimum absolute atomic E-state index is 0.0238. The number of carbonyl (C=O) groups excluding carboxylic acids is 1. The first-order valence-electron chi connectivity index (χ1n) is 7.82. The van der Waals surface area contributed by atoms with E-state index in [1.807, 2.05) is 32.0 Å². The number of nitro benzene ring substituents is 1. The average Bonchev–Trinajstić information content (AvgIpc) is 2.63. The second kappa shape index (κ2) is 7.09. The summed E-state index contributed by atoms with van der Waals surface area (Å²) in [5.41, 5.74) is 3.55. The molecule has 3 rings (SSSR count). The molecule has 0 radical (unpaired) electrons. The van der Waals surface area contributed by atoms with E-state index in [1.165, 1.54) is 18.2 Å². The van der Waals surface area contributed by atoms with E-state index in [9.17, 15) is 14.9 Å². The van der Waals surface area contributed by atoms with Crippen LogP contribution in [0.4, 0.5) is 5.69 Å². The number of benzene rings is 2. The molecule has 0 aliphatic carbocycles. The Kier molecular flexibility index (Phi) is 4.86. The molecule has 0 aliphatic heterocycles. The molecule has 0 spiro atoms. The molecule has 0 aliphatic rings. The van der Waals surface area contributed by atoms with Crippen LogP contribution < -0.4 is 4.74 Å². The molecule has 0 amide bonds. The van der Waals surface area contributed by atoms with E-state index in [0.29, 0.717) is 17.0 Å². The molecule has 1 heterocycles. The molecule has 0 atom stereocenters. The molecular formula is C19H15ClN2O4. The molecule has 3 aromatic rings. The van der Waals surface area contributed by atoms with Gasteiger partial charge in [-0.1, -0.05) is 23.7 Å². The highest BCUT2D eigenvalue weighted by Gasteiger charge is 2.17. The third-order valence-electron chi connectivity index (χ3n) is 4.24. The number of hydrogen-bond donors (Lipinski definition) is 0. The molecule has 132 valence electrons. The van der Waals surface area contributed by atoms with Crippen LogP contribution in [0, 0.1) is 24.0 Å². The molecule has 0 bridgehead atoms. The maximum Gasteiger partial charge on any atom is 0.311 e. The van der Waals surface area contributed by atoms with Crippen LogP contribution in [-0.4, -0.2) is 16.2 Å².